The van der Waals surface area contributed by atoms with Crippen molar-refractivity contribution < 1.29 is 9.68 Å². The van der Waals surface area contributed by atoms with E-state index >= 15 is 0 Å². The van der Waals surface area contributed by atoms with Gasteiger partial charge in [-0.25, -0.2) is 0 Å². The Kier molecular flexibility index (Phi) is 3.39. The third kappa shape index (κ3) is 2.58. The van der Waals surface area contributed by atoms with Gasteiger partial charge in [-0.05, 0) is 48.6 Å². The molecule has 0 unspecified atom stereocenters. The van der Waals surface area contributed by atoms with Crippen LogP contribution in [0.2, 0.25) is 0 Å². The van der Waals surface area contributed by atoms with Crippen LogP contribution in [-0.2, 0) is 0 Å². The fraction of sp³-hybridized carbons (Fsp3) is 0. The van der Waals surface area contributed by atoms with Gasteiger partial charge in [0.05, 0.1) is 11.4 Å². The second kappa shape index (κ2) is 6.01. The number of hydroxylamine groups is 2. The molecule has 0 aliphatic carbocycles. The maximum absolute atomic E-state index is 5.94. The van der Waals surface area contributed by atoms with Gasteiger partial charge >= 0.3 is 0 Å². The second-order valence-electron chi connectivity index (χ2n) is 6.06. The van der Waals surface area contributed by atoms with Crippen molar-refractivity contribution in [3.63, 3.8) is 0 Å². The fourth-order valence-corrected chi connectivity index (χ4v) is 3.00. The van der Waals surface area contributed by atoms with Crippen LogP contribution in [0, 0.1) is 0 Å². The zero-order chi connectivity index (χ0) is 17.3. The minimum atomic E-state index is 0.845. The van der Waals surface area contributed by atoms with E-state index in [0.717, 1.165) is 34.0 Å². The summed E-state index contributed by atoms with van der Waals surface area (Å²) in [5, 5.41) is 3.52. The van der Waals surface area contributed by atoms with Gasteiger partial charge in [-0.3, -0.25) is 0 Å². The van der Waals surface area contributed by atoms with Crippen LogP contribution in [0.1, 0.15) is 11.1 Å². The van der Waals surface area contributed by atoms with Crippen molar-refractivity contribution in [3.8, 4) is 11.5 Å². The van der Waals surface area contributed by atoms with E-state index in [1.165, 1.54) is 0 Å². The third-order valence-electron chi connectivity index (χ3n) is 4.37. The molecule has 0 aromatic heterocycles. The normalized spacial score (nSPS) is 14.3. The molecule has 2 aliphatic heterocycles. The first kappa shape index (κ1) is 14.7. The van der Waals surface area contributed by atoms with Crippen LogP contribution in [0.15, 0.2) is 85.2 Å². The molecule has 0 saturated carbocycles. The van der Waals surface area contributed by atoms with Gasteiger partial charge in [-0.2, -0.15) is 10.1 Å². The van der Waals surface area contributed by atoms with Gasteiger partial charge in [0, 0.05) is 23.5 Å². The van der Waals surface area contributed by atoms with Gasteiger partial charge in [0.1, 0.15) is 0 Å². The summed E-state index contributed by atoms with van der Waals surface area (Å²) >= 11 is 0. The van der Waals surface area contributed by atoms with Crippen LogP contribution in [0.3, 0.4) is 0 Å². The number of para-hydroxylation sites is 2. The summed E-state index contributed by atoms with van der Waals surface area (Å²) in [6, 6.07) is 24.0. The Morgan fingerprint density at radius 2 is 0.923 bits per heavy atom. The summed E-state index contributed by atoms with van der Waals surface area (Å²) in [5.74, 6) is 1.69. The number of hydrogen-bond acceptors (Lipinski definition) is 4. The van der Waals surface area contributed by atoms with Crippen LogP contribution >= 0.6 is 0 Å². The minimum absolute atomic E-state index is 0.845. The summed E-state index contributed by atoms with van der Waals surface area (Å²) in [6.07, 6.45) is 7.93. The van der Waals surface area contributed by atoms with Crippen molar-refractivity contribution in [2.75, 3.05) is 10.1 Å². The second-order valence-corrected chi connectivity index (χ2v) is 6.06. The average Bonchev–Trinajstić information content (AvgIpc) is 2.73. The maximum Gasteiger partial charge on any atom is 0.163 e. The monoisotopic (exact) mass is 340 g/mol. The highest BCUT2D eigenvalue weighted by Crippen LogP contribution is 2.31. The van der Waals surface area contributed by atoms with Crippen molar-refractivity contribution >= 4 is 23.5 Å². The molecule has 0 spiro atoms. The molecule has 0 saturated heterocycles. The summed E-state index contributed by atoms with van der Waals surface area (Å²) in [7, 11) is 0. The molecule has 2 heterocycles. The topological polar surface area (TPSA) is 24.9 Å². The van der Waals surface area contributed by atoms with Gasteiger partial charge in [-0.15, -0.1) is 0 Å². The quantitative estimate of drug-likeness (QED) is 0.635. The summed E-state index contributed by atoms with van der Waals surface area (Å²) in [4.78, 5) is 11.9. The number of rotatable bonds is 2. The van der Waals surface area contributed by atoms with Crippen molar-refractivity contribution in [1.29, 1.82) is 0 Å². The van der Waals surface area contributed by atoms with Crippen LogP contribution < -0.4 is 19.8 Å². The Morgan fingerprint density at radius 3 is 1.38 bits per heavy atom. The lowest BCUT2D eigenvalue weighted by Gasteiger charge is -2.27. The molecule has 2 aliphatic rings. The smallest absolute Gasteiger partial charge is 0.163 e. The van der Waals surface area contributed by atoms with E-state index in [0.29, 0.717) is 0 Å². The van der Waals surface area contributed by atoms with Crippen molar-refractivity contribution in [1.82, 2.24) is 0 Å². The molecule has 5 rings (SSSR count). The summed E-state index contributed by atoms with van der Waals surface area (Å²) in [5.41, 5.74) is 4.04. The average molecular weight is 340 g/mol. The standard InChI is InChI=1S/C22H16N2O2/c1-3-7-21-17(5-1)13-15-23(25-21)19-9-11-20(12-10-19)24-16-14-18-6-2-4-8-22(18)26-24/h1-16H. The highest BCUT2D eigenvalue weighted by Gasteiger charge is 2.16. The van der Waals surface area contributed by atoms with Crippen molar-refractivity contribution in [2.24, 2.45) is 0 Å². The van der Waals surface area contributed by atoms with E-state index in [9.17, 15) is 0 Å². The summed E-state index contributed by atoms with van der Waals surface area (Å²) in [6.45, 7) is 0. The Balaban J connectivity index is 1.36. The van der Waals surface area contributed by atoms with E-state index in [-0.39, 0.29) is 0 Å². The summed E-state index contributed by atoms with van der Waals surface area (Å²) < 4.78 is 0. The fourth-order valence-electron chi connectivity index (χ4n) is 3.00. The zero-order valence-corrected chi connectivity index (χ0v) is 13.9. The van der Waals surface area contributed by atoms with E-state index in [4.69, 9.17) is 9.68 Å². The largest absolute Gasteiger partial charge is 0.375 e. The predicted molar refractivity (Wildman–Crippen MR) is 104 cm³/mol. The zero-order valence-electron chi connectivity index (χ0n) is 13.9. The van der Waals surface area contributed by atoms with Gasteiger partial charge in [0.2, 0.25) is 0 Å². The SMILES string of the molecule is C1=CN(c2ccc(N3C=Cc4ccccc4O3)cc2)Oc2ccccc21. The lowest BCUT2D eigenvalue weighted by molar-refractivity contribution is 0.312. The molecular weight excluding hydrogens is 324 g/mol. The van der Waals surface area contributed by atoms with Crippen LogP contribution in [0.25, 0.3) is 12.2 Å². The Bertz CT molecular complexity index is 926. The van der Waals surface area contributed by atoms with E-state index in [2.05, 4.69) is 0 Å². The highest BCUT2D eigenvalue weighted by molar-refractivity contribution is 5.67. The minimum Gasteiger partial charge on any atom is -0.375 e. The third-order valence-corrected chi connectivity index (χ3v) is 4.37. The van der Waals surface area contributed by atoms with Gasteiger partial charge in [0.15, 0.2) is 11.5 Å². The molecule has 0 N–H and O–H groups in total. The first-order chi connectivity index (χ1) is 12.9. The number of hydrogen-bond donors (Lipinski definition) is 0. The van der Waals surface area contributed by atoms with Gasteiger partial charge in [-0.1, -0.05) is 36.4 Å². The van der Waals surface area contributed by atoms with E-state index < -0.39 is 0 Å². The van der Waals surface area contributed by atoms with Gasteiger partial charge in [0.25, 0.3) is 0 Å². The number of nitrogens with zero attached hydrogens (tertiary/aromatic N) is 2. The molecule has 26 heavy (non-hydrogen) atoms. The van der Waals surface area contributed by atoms with Crippen LogP contribution in [-0.4, -0.2) is 0 Å². The molecule has 0 fully saturated rings. The molecular formula is C22H16N2O2. The molecule has 3 aromatic rings. The first-order valence-electron chi connectivity index (χ1n) is 8.46. The van der Waals surface area contributed by atoms with E-state index in [1.807, 2.05) is 97.3 Å². The van der Waals surface area contributed by atoms with Gasteiger partial charge < -0.3 is 9.68 Å². The number of anilines is 2. The lowest BCUT2D eigenvalue weighted by Crippen LogP contribution is -2.24. The molecule has 4 heteroatoms. The predicted octanol–water partition coefficient (Wildman–Crippen LogP) is 5.26. The molecule has 0 bridgehead atoms. The molecule has 0 amide bonds. The number of fused-ring (bicyclic) bond motifs is 2. The maximum atomic E-state index is 5.94. The molecule has 0 atom stereocenters. The Morgan fingerprint density at radius 1 is 0.500 bits per heavy atom. The highest BCUT2D eigenvalue weighted by atomic mass is 16.7. The Hall–Kier alpha value is -3.66. The van der Waals surface area contributed by atoms with E-state index in [1.54, 1.807) is 10.1 Å². The van der Waals surface area contributed by atoms with Crippen LogP contribution in [0.4, 0.5) is 11.4 Å². The van der Waals surface area contributed by atoms with Crippen molar-refractivity contribution in [2.45, 2.75) is 0 Å². The Labute approximate surface area is 151 Å². The molecule has 126 valence electrons. The lowest BCUT2D eigenvalue weighted by atomic mass is 10.2. The van der Waals surface area contributed by atoms with Crippen molar-refractivity contribution in [3.05, 3.63) is 96.3 Å². The number of benzene rings is 3. The molecule has 4 nitrogen and oxygen atoms in total. The molecule has 3 aromatic carbocycles. The van der Waals surface area contributed by atoms with Crippen LogP contribution in [0.5, 0.6) is 11.5 Å². The molecule has 0 radical (unpaired) electrons. The first-order valence-corrected chi connectivity index (χ1v) is 8.46.